The number of carbonyl (C=O) groups excluding carboxylic acids is 2. The van der Waals surface area contributed by atoms with E-state index in [-0.39, 0.29) is 28.3 Å². The fraction of sp³-hybridized carbons (Fsp3) is 0.200. The second-order valence-corrected chi connectivity index (χ2v) is 9.32. The first-order chi connectivity index (χ1) is 16.3. The summed E-state index contributed by atoms with van der Waals surface area (Å²) < 4.78 is 40.1. The van der Waals surface area contributed by atoms with Gasteiger partial charge in [0.2, 0.25) is 0 Å². The van der Waals surface area contributed by atoms with Crippen LogP contribution in [0.5, 0.6) is 0 Å². The van der Waals surface area contributed by atoms with Crippen LogP contribution in [0.2, 0.25) is 0 Å². The van der Waals surface area contributed by atoms with Crippen LogP contribution in [0.3, 0.4) is 0 Å². The predicted octanol–water partition coefficient (Wildman–Crippen LogP) is 3.88. The molecule has 4 rings (SSSR count). The maximum Gasteiger partial charge on any atom is 0.342 e. The lowest BCUT2D eigenvalue weighted by molar-refractivity contribution is -0.255. The molecule has 176 valence electrons. The van der Waals surface area contributed by atoms with E-state index in [0.717, 1.165) is 18.6 Å². The summed E-state index contributed by atoms with van der Waals surface area (Å²) in [6, 6.07) is 13.4. The second-order valence-electron chi connectivity index (χ2n) is 7.63. The van der Waals surface area contributed by atoms with Gasteiger partial charge in [0.1, 0.15) is 16.9 Å². The Labute approximate surface area is 196 Å². The first-order valence-corrected chi connectivity index (χ1v) is 12.2. The summed E-state index contributed by atoms with van der Waals surface area (Å²) in [7, 11) is -4.07. The van der Waals surface area contributed by atoms with Gasteiger partial charge in [0.25, 0.3) is 10.0 Å². The number of furan rings is 1. The summed E-state index contributed by atoms with van der Waals surface area (Å²) in [5.74, 6) is -1.45. The zero-order chi connectivity index (χ0) is 24.5. The highest BCUT2D eigenvalue weighted by Crippen LogP contribution is 2.38. The highest BCUT2D eigenvalue weighted by atomic mass is 32.2. The van der Waals surface area contributed by atoms with E-state index in [0.29, 0.717) is 33.9 Å². The molecule has 0 fully saturated rings. The largest absolute Gasteiger partial charge is 0.545 e. The smallest absolute Gasteiger partial charge is 0.342 e. The van der Waals surface area contributed by atoms with Crippen LogP contribution in [0.1, 0.15) is 46.7 Å². The average molecular weight is 481 g/mol. The molecule has 0 aliphatic heterocycles. The van der Waals surface area contributed by atoms with Gasteiger partial charge in [-0.25, -0.2) is 13.2 Å². The van der Waals surface area contributed by atoms with Crippen LogP contribution < -0.4 is 9.83 Å². The summed E-state index contributed by atoms with van der Waals surface area (Å²) in [6.45, 7) is 3.86. The molecule has 0 saturated heterocycles. The van der Waals surface area contributed by atoms with Gasteiger partial charge >= 0.3 is 5.97 Å². The van der Waals surface area contributed by atoms with E-state index in [2.05, 4.69) is 4.72 Å². The van der Waals surface area contributed by atoms with Crippen LogP contribution in [-0.2, 0) is 21.2 Å². The van der Waals surface area contributed by atoms with E-state index in [4.69, 9.17) is 9.15 Å². The van der Waals surface area contributed by atoms with Gasteiger partial charge in [0.15, 0.2) is 0 Å². The first kappa shape index (κ1) is 23.3. The number of ether oxygens (including phenoxy) is 1. The molecule has 0 aliphatic rings. The molecular weight excluding hydrogens is 458 g/mol. The topological polar surface area (TPSA) is 126 Å². The van der Waals surface area contributed by atoms with Crippen molar-refractivity contribution in [2.45, 2.75) is 31.6 Å². The fourth-order valence-electron chi connectivity index (χ4n) is 3.86. The van der Waals surface area contributed by atoms with E-state index in [1.807, 2.05) is 6.92 Å². The summed E-state index contributed by atoms with van der Waals surface area (Å²) in [5.41, 5.74) is 0.875. The number of hydrogen-bond acceptors (Lipinski definition) is 7. The molecule has 9 heteroatoms. The lowest BCUT2D eigenvalue weighted by Gasteiger charge is -2.12. The number of sulfonamides is 1. The molecule has 1 aromatic heterocycles. The molecule has 1 N–H and O–H groups in total. The Kier molecular flexibility index (Phi) is 6.30. The van der Waals surface area contributed by atoms with Crippen LogP contribution in [0, 0.1) is 0 Å². The van der Waals surface area contributed by atoms with Crippen molar-refractivity contribution in [3.63, 3.8) is 0 Å². The molecule has 0 radical (unpaired) electrons. The second kappa shape index (κ2) is 9.18. The van der Waals surface area contributed by atoms with E-state index in [9.17, 15) is 23.1 Å². The van der Waals surface area contributed by atoms with E-state index < -0.39 is 22.0 Å². The molecular formula is C25H22NO7S-. The molecule has 3 aromatic carbocycles. The van der Waals surface area contributed by atoms with Crippen molar-refractivity contribution in [1.29, 1.82) is 0 Å². The lowest BCUT2D eigenvalue weighted by atomic mass is 10.0. The number of nitrogens with one attached hydrogen (secondary N) is 1. The Morgan fingerprint density at radius 2 is 1.68 bits per heavy atom. The average Bonchev–Trinajstić information content (AvgIpc) is 3.17. The van der Waals surface area contributed by atoms with Crippen molar-refractivity contribution < 1.29 is 32.3 Å². The molecule has 0 unspecified atom stereocenters. The lowest BCUT2D eigenvalue weighted by Crippen LogP contribution is -2.22. The fourth-order valence-corrected chi connectivity index (χ4v) is 4.93. The highest BCUT2D eigenvalue weighted by Gasteiger charge is 2.25. The molecule has 1 heterocycles. The monoisotopic (exact) mass is 480 g/mol. The number of aromatic carboxylic acids is 1. The minimum absolute atomic E-state index is 0.119. The number of esters is 1. The third-order valence-corrected chi connectivity index (χ3v) is 6.75. The minimum Gasteiger partial charge on any atom is -0.545 e. The first-order valence-electron chi connectivity index (χ1n) is 10.7. The van der Waals surface area contributed by atoms with Crippen LogP contribution in [0.4, 0.5) is 5.69 Å². The van der Waals surface area contributed by atoms with E-state index >= 15 is 0 Å². The highest BCUT2D eigenvalue weighted by molar-refractivity contribution is 7.92. The van der Waals surface area contributed by atoms with Crippen molar-refractivity contribution in [1.82, 2.24) is 0 Å². The number of fused-ring (bicyclic) bond motifs is 3. The third-order valence-electron chi connectivity index (χ3n) is 5.37. The molecule has 0 amide bonds. The maximum absolute atomic E-state index is 13.1. The van der Waals surface area contributed by atoms with Crippen LogP contribution >= 0.6 is 0 Å². The molecule has 0 spiro atoms. The maximum atomic E-state index is 13.1. The van der Waals surface area contributed by atoms with Gasteiger partial charge in [-0.05, 0) is 37.1 Å². The number of hydrogen-bond donors (Lipinski definition) is 1. The third kappa shape index (κ3) is 4.22. The van der Waals surface area contributed by atoms with Crippen molar-refractivity contribution in [3.8, 4) is 0 Å². The summed E-state index contributed by atoms with van der Waals surface area (Å²) in [4.78, 5) is 23.6. The number of anilines is 1. The van der Waals surface area contributed by atoms with Crippen molar-refractivity contribution in [3.05, 3.63) is 71.5 Å². The molecule has 34 heavy (non-hydrogen) atoms. The molecule has 0 atom stereocenters. The Bertz CT molecular complexity index is 1500. The SMILES string of the molecule is CCCc1oc2c(cc(NS(=O)(=O)c3ccc(C(=O)[O-])cc3)c3ccccc32)c1C(=O)OCC. The van der Waals surface area contributed by atoms with Gasteiger partial charge in [-0.15, -0.1) is 0 Å². The summed E-state index contributed by atoms with van der Waals surface area (Å²) in [5, 5.41) is 12.7. The number of carboxylic acids is 1. The molecule has 0 aliphatic carbocycles. The number of rotatable bonds is 8. The van der Waals surface area contributed by atoms with Gasteiger partial charge in [0, 0.05) is 22.6 Å². The Balaban J connectivity index is 1.90. The Morgan fingerprint density at radius 1 is 1.00 bits per heavy atom. The number of carboxylic acid groups (broad SMARTS) is 1. The molecule has 0 bridgehead atoms. The van der Waals surface area contributed by atoms with Crippen LogP contribution in [0.25, 0.3) is 21.7 Å². The normalized spacial score (nSPS) is 11.6. The summed E-state index contributed by atoms with van der Waals surface area (Å²) >= 11 is 0. The molecule has 4 aromatic rings. The van der Waals surface area contributed by atoms with Crippen molar-refractivity contribution >= 4 is 49.4 Å². The minimum atomic E-state index is -4.07. The van der Waals surface area contributed by atoms with Gasteiger partial charge in [-0.1, -0.05) is 43.3 Å². The van der Waals surface area contributed by atoms with Gasteiger partial charge in [0.05, 0.1) is 23.2 Å². The van der Waals surface area contributed by atoms with Gasteiger partial charge in [-0.3, -0.25) is 4.72 Å². The number of aryl methyl sites for hydroxylation is 1. The van der Waals surface area contributed by atoms with Crippen molar-refractivity contribution in [2.75, 3.05) is 11.3 Å². The Morgan fingerprint density at radius 3 is 2.29 bits per heavy atom. The van der Waals surface area contributed by atoms with Crippen molar-refractivity contribution in [2.24, 2.45) is 0 Å². The van der Waals surface area contributed by atoms with Crippen LogP contribution in [0.15, 0.2) is 63.9 Å². The number of carbonyl (C=O) groups is 2. The van der Waals surface area contributed by atoms with Gasteiger partial charge in [-0.2, -0.15) is 0 Å². The summed E-state index contributed by atoms with van der Waals surface area (Å²) in [6.07, 6.45) is 1.26. The quantitative estimate of drug-likeness (QED) is 0.379. The number of benzene rings is 3. The van der Waals surface area contributed by atoms with E-state index in [1.165, 1.54) is 12.1 Å². The zero-order valence-corrected chi connectivity index (χ0v) is 19.4. The molecule has 0 saturated carbocycles. The van der Waals surface area contributed by atoms with Gasteiger partial charge < -0.3 is 19.1 Å². The van der Waals surface area contributed by atoms with Crippen LogP contribution in [-0.4, -0.2) is 27.0 Å². The molecule has 8 nitrogen and oxygen atoms in total. The Hall–Kier alpha value is -3.85. The van der Waals surface area contributed by atoms with E-state index in [1.54, 1.807) is 37.3 Å². The predicted molar refractivity (Wildman–Crippen MR) is 125 cm³/mol. The zero-order valence-electron chi connectivity index (χ0n) is 18.6. The standard InChI is InChI=1S/C25H23NO7S/c1-3-7-21-22(25(29)32-4-2)19-14-20(17-8-5-6-9-18(17)23(19)33-21)26-34(30,31)16-12-10-15(11-13-16)24(27)28/h5-6,8-14,26H,3-4,7H2,1-2H3,(H,27,28)/p-1.